The van der Waals surface area contributed by atoms with Crippen LogP contribution in [0.25, 0.3) is 17.1 Å². The number of halogens is 3. The number of carbonyl (C=O) groups is 2. The van der Waals surface area contributed by atoms with Crippen LogP contribution in [0.15, 0.2) is 78.0 Å². The summed E-state index contributed by atoms with van der Waals surface area (Å²) in [6.07, 6.45) is -2.81. The van der Waals surface area contributed by atoms with Crippen LogP contribution in [0.1, 0.15) is 11.1 Å². The molecule has 0 spiro atoms. The van der Waals surface area contributed by atoms with Crippen LogP contribution in [0.4, 0.5) is 23.7 Å². The van der Waals surface area contributed by atoms with Crippen LogP contribution >= 0.6 is 11.8 Å². The average Bonchev–Trinajstić information content (AvgIpc) is 3.60. The molecule has 0 radical (unpaired) electrons. The molecule has 0 aliphatic carbocycles. The van der Waals surface area contributed by atoms with Crippen molar-refractivity contribution in [1.29, 1.82) is 0 Å². The maximum atomic E-state index is 12.6. The second kappa shape index (κ2) is 12.6. The fraction of sp³-hybridized carbons (Fsp3) is 0.207. The molecular weight excluding hydrogens is 585 g/mol. The van der Waals surface area contributed by atoms with Gasteiger partial charge in [0, 0.05) is 12.1 Å². The molecule has 10 nitrogen and oxygen atoms in total. The van der Waals surface area contributed by atoms with Crippen LogP contribution in [-0.2, 0) is 11.2 Å². The van der Waals surface area contributed by atoms with E-state index in [1.54, 1.807) is 19.2 Å². The summed E-state index contributed by atoms with van der Waals surface area (Å²) in [6, 6.07) is 17.5. The van der Waals surface area contributed by atoms with E-state index in [9.17, 15) is 22.8 Å². The maximum Gasteiger partial charge on any atom is 0.573 e. The van der Waals surface area contributed by atoms with Crippen LogP contribution in [0.3, 0.4) is 0 Å². The van der Waals surface area contributed by atoms with Gasteiger partial charge >= 0.3 is 12.4 Å². The first kappa shape index (κ1) is 29.6. The normalized spacial score (nSPS) is 14.3. The quantitative estimate of drug-likeness (QED) is 0.279. The molecule has 0 bridgehead atoms. The largest absolute Gasteiger partial charge is 0.573 e. The van der Waals surface area contributed by atoms with Gasteiger partial charge in [0.1, 0.15) is 17.8 Å². The molecule has 0 saturated carbocycles. The van der Waals surface area contributed by atoms with Crippen LogP contribution in [0.2, 0.25) is 0 Å². The number of benzene rings is 3. The van der Waals surface area contributed by atoms with E-state index in [1.807, 2.05) is 37.3 Å². The van der Waals surface area contributed by atoms with Crippen LogP contribution in [-0.4, -0.2) is 57.6 Å². The molecule has 1 saturated heterocycles. The number of nitrogens with one attached hydrogen (secondary N) is 1. The van der Waals surface area contributed by atoms with Gasteiger partial charge in [0.2, 0.25) is 5.91 Å². The summed E-state index contributed by atoms with van der Waals surface area (Å²) in [7, 11) is 1.56. The Morgan fingerprint density at radius 3 is 2.58 bits per heavy atom. The lowest BCUT2D eigenvalue weighted by molar-refractivity contribution is -0.274. The predicted molar refractivity (Wildman–Crippen MR) is 156 cm³/mol. The Bertz CT molecular complexity index is 1670. The molecule has 0 unspecified atom stereocenters. The second-order valence-electron chi connectivity index (χ2n) is 9.30. The number of nitrogens with zero attached hydrogens (tertiary/aromatic N) is 5. The molecule has 1 fully saturated rings. The minimum Gasteiger partial charge on any atom is -0.497 e. The molecule has 14 heteroatoms. The lowest BCUT2D eigenvalue weighted by Gasteiger charge is -2.18. The Morgan fingerprint density at radius 1 is 1.09 bits per heavy atom. The molecular formula is C29H25F3N6O4S. The summed E-state index contributed by atoms with van der Waals surface area (Å²) in [5.41, 5.74) is 3.61. The zero-order valence-corrected chi connectivity index (χ0v) is 23.8. The van der Waals surface area contributed by atoms with Crippen molar-refractivity contribution < 1.29 is 32.2 Å². The Morgan fingerprint density at radius 2 is 1.86 bits per heavy atom. The Kier molecular flexibility index (Phi) is 8.66. The highest BCUT2D eigenvalue weighted by molar-refractivity contribution is 8.15. The van der Waals surface area contributed by atoms with Gasteiger partial charge in [-0.3, -0.25) is 9.69 Å². The van der Waals surface area contributed by atoms with Crippen LogP contribution in [0, 0.1) is 6.92 Å². The number of aliphatic imine (C=N–C) groups is 1. The van der Waals surface area contributed by atoms with Crippen molar-refractivity contribution in [3.05, 3.63) is 84.2 Å². The number of thioether (sulfide) groups is 1. The van der Waals surface area contributed by atoms with Gasteiger partial charge < -0.3 is 14.8 Å². The fourth-order valence-electron chi connectivity index (χ4n) is 4.31. The van der Waals surface area contributed by atoms with Gasteiger partial charge in [-0.25, -0.2) is 14.5 Å². The lowest BCUT2D eigenvalue weighted by Crippen LogP contribution is -2.32. The van der Waals surface area contributed by atoms with Crippen molar-refractivity contribution in [3.63, 3.8) is 0 Å². The summed E-state index contributed by atoms with van der Waals surface area (Å²) in [5.74, 6) is 0.780. The number of hydrogen-bond donors (Lipinski definition) is 1. The monoisotopic (exact) mass is 610 g/mol. The van der Waals surface area contributed by atoms with Gasteiger partial charge in [-0.05, 0) is 73.0 Å². The van der Waals surface area contributed by atoms with Gasteiger partial charge in [-0.15, -0.1) is 18.3 Å². The molecule has 4 aromatic rings. The summed E-state index contributed by atoms with van der Waals surface area (Å²) < 4.78 is 47.8. The number of aryl methyl sites for hydroxylation is 1. The van der Waals surface area contributed by atoms with E-state index in [4.69, 9.17) is 4.74 Å². The zero-order valence-electron chi connectivity index (χ0n) is 23.0. The summed E-state index contributed by atoms with van der Waals surface area (Å²) in [6.45, 7) is 2.15. The third kappa shape index (κ3) is 7.33. The number of anilines is 1. The van der Waals surface area contributed by atoms with Crippen molar-refractivity contribution in [2.45, 2.75) is 19.7 Å². The number of methoxy groups -OCH3 is 1. The molecule has 1 aliphatic heterocycles. The lowest BCUT2D eigenvalue weighted by atomic mass is 10.1. The minimum absolute atomic E-state index is 0.162. The number of amidine groups is 1. The Labute approximate surface area is 248 Å². The number of alkyl halides is 3. The average molecular weight is 611 g/mol. The van der Waals surface area contributed by atoms with Crippen molar-refractivity contribution >= 4 is 34.6 Å². The van der Waals surface area contributed by atoms with Crippen molar-refractivity contribution in [1.82, 2.24) is 20.1 Å². The third-order valence-electron chi connectivity index (χ3n) is 6.31. The molecule has 3 aromatic carbocycles. The molecule has 3 amide bonds. The summed E-state index contributed by atoms with van der Waals surface area (Å²) >= 11 is 1.20. The highest BCUT2D eigenvalue weighted by Gasteiger charge is 2.32. The summed E-state index contributed by atoms with van der Waals surface area (Å²) in [5, 5.41) is 7.50. The molecule has 1 aliphatic rings. The van der Waals surface area contributed by atoms with Crippen LogP contribution in [0.5, 0.6) is 11.5 Å². The van der Waals surface area contributed by atoms with E-state index in [-0.39, 0.29) is 17.4 Å². The molecule has 5 rings (SSSR count). The standard InChI is InChI=1S/C29H25F3N6O4S/c1-18-14-23(41-2)10-11-24(18)38-25(39)16-43-28(38)35-27(40)33-13-12-19-4-3-5-20(15-19)26-34-17-37(36-26)21-6-8-22(9-7-21)42-29(30,31)32/h3-11,14-15,17H,12-13,16H2,1-2H3,(H,33,40)/b35-28-. The number of amides is 3. The van der Waals surface area contributed by atoms with Gasteiger partial charge in [-0.1, -0.05) is 30.0 Å². The molecule has 1 aromatic heterocycles. The van der Waals surface area contributed by atoms with E-state index >= 15 is 0 Å². The number of aromatic nitrogens is 3. The molecule has 222 valence electrons. The van der Waals surface area contributed by atoms with Crippen LogP contribution < -0.4 is 19.7 Å². The second-order valence-corrected chi connectivity index (χ2v) is 10.2. The first-order valence-corrected chi connectivity index (χ1v) is 13.9. The van der Waals surface area contributed by atoms with Crippen molar-refractivity contribution in [2.24, 2.45) is 4.99 Å². The third-order valence-corrected chi connectivity index (χ3v) is 7.23. The number of carbonyl (C=O) groups excluding carboxylic acids is 2. The van der Waals surface area contributed by atoms with E-state index in [0.29, 0.717) is 41.1 Å². The highest BCUT2D eigenvalue weighted by Crippen LogP contribution is 2.31. The fourth-order valence-corrected chi connectivity index (χ4v) is 5.17. The number of ether oxygens (including phenoxy) is 2. The highest BCUT2D eigenvalue weighted by atomic mass is 32.2. The predicted octanol–water partition coefficient (Wildman–Crippen LogP) is 5.54. The first-order chi connectivity index (χ1) is 20.6. The zero-order chi connectivity index (χ0) is 30.6. The number of hydrogen-bond acceptors (Lipinski definition) is 7. The van der Waals surface area contributed by atoms with E-state index in [2.05, 4.69) is 25.1 Å². The molecule has 0 atom stereocenters. The minimum atomic E-state index is -4.77. The smallest absolute Gasteiger partial charge is 0.497 e. The van der Waals surface area contributed by atoms with Gasteiger partial charge in [-0.2, -0.15) is 4.99 Å². The maximum absolute atomic E-state index is 12.6. The van der Waals surface area contributed by atoms with Crippen molar-refractivity contribution in [2.75, 3.05) is 24.3 Å². The molecule has 43 heavy (non-hydrogen) atoms. The Hall–Kier alpha value is -4.85. The SMILES string of the molecule is COc1ccc(N2C(=O)CS/C2=N\C(=O)NCCc2cccc(-c3ncn(-c4ccc(OC(F)(F)F)cc4)n3)c2)c(C)c1. The van der Waals surface area contributed by atoms with Gasteiger partial charge in [0.05, 0.1) is 24.2 Å². The number of urea groups is 1. The first-order valence-electron chi connectivity index (χ1n) is 12.9. The van der Waals surface area contributed by atoms with Gasteiger partial charge in [0.15, 0.2) is 11.0 Å². The summed E-state index contributed by atoms with van der Waals surface area (Å²) in [4.78, 5) is 35.1. The van der Waals surface area contributed by atoms with E-state index < -0.39 is 12.4 Å². The topological polar surface area (TPSA) is 111 Å². The number of rotatable bonds is 8. The van der Waals surface area contributed by atoms with Crippen molar-refractivity contribution in [3.8, 4) is 28.6 Å². The molecule has 1 N–H and O–H groups in total. The van der Waals surface area contributed by atoms with E-state index in [1.165, 1.54) is 51.9 Å². The molecule has 2 heterocycles. The van der Waals surface area contributed by atoms with E-state index in [0.717, 1.165) is 16.7 Å². The van der Waals surface area contributed by atoms with Gasteiger partial charge in [0.25, 0.3) is 0 Å². The Balaban J connectivity index is 1.19.